The maximum Gasteiger partial charge on any atom is 0.412 e. The van der Waals surface area contributed by atoms with Gasteiger partial charge in [0.25, 0.3) is 11.5 Å². The maximum absolute atomic E-state index is 13.7. The van der Waals surface area contributed by atoms with E-state index in [1.165, 1.54) is 18.3 Å². The van der Waals surface area contributed by atoms with Crippen molar-refractivity contribution >= 4 is 5.91 Å². The Morgan fingerprint density at radius 3 is 2.42 bits per heavy atom. The summed E-state index contributed by atoms with van der Waals surface area (Å²) in [7, 11) is 0. The van der Waals surface area contributed by atoms with Crippen LogP contribution >= 0.6 is 0 Å². The van der Waals surface area contributed by atoms with Crippen molar-refractivity contribution in [1.82, 2.24) is 10.3 Å². The number of aromatic amines is 1. The molecule has 1 amide bonds. The van der Waals surface area contributed by atoms with Crippen LogP contribution in [0.4, 0.5) is 22.0 Å². The predicted octanol–water partition coefficient (Wildman–Crippen LogP) is 2.99. The minimum atomic E-state index is -5.10. The number of rotatable bonds is 3. The molecule has 128 valence electrons. The van der Waals surface area contributed by atoms with E-state index in [1.54, 1.807) is 0 Å². The molecule has 1 atom stereocenters. The first-order valence-corrected chi connectivity index (χ1v) is 6.62. The fraction of sp³-hybridized carbons (Fsp3) is 0.200. The van der Waals surface area contributed by atoms with Gasteiger partial charge in [0.1, 0.15) is 5.56 Å². The Balaban J connectivity index is 2.42. The number of H-pyrrole nitrogens is 1. The van der Waals surface area contributed by atoms with Crippen molar-refractivity contribution in [2.24, 2.45) is 0 Å². The molecule has 0 saturated carbocycles. The van der Waals surface area contributed by atoms with E-state index in [4.69, 9.17) is 0 Å². The first-order chi connectivity index (χ1) is 11.1. The second-order valence-corrected chi connectivity index (χ2v) is 4.98. The molecule has 1 heterocycles. The molecule has 0 aliphatic carbocycles. The normalized spacial score (nSPS) is 12.8. The maximum atomic E-state index is 13.7. The number of carbonyl (C=O) groups excluding carboxylic acids is 1. The zero-order valence-corrected chi connectivity index (χ0v) is 12.2. The number of nitrogens with one attached hydrogen (secondary N) is 2. The summed E-state index contributed by atoms with van der Waals surface area (Å²) in [6.45, 7) is 1.52. The average Bonchev–Trinajstić information content (AvgIpc) is 2.46. The molecule has 4 nitrogen and oxygen atoms in total. The largest absolute Gasteiger partial charge is 0.412 e. The number of hydrogen-bond donors (Lipinski definition) is 2. The molecular formula is C15H11F5N2O2. The molecular weight excluding hydrogens is 335 g/mol. The summed E-state index contributed by atoms with van der Waals surface area (Å²) in [4.78, 5) is 25.9. The Morgan fingerprint density at radius 1 is 1.17 bits per heavy atom. The molecule has 24 heavy (non-hydrogen) atoms. The highest BCUT2D eigenvalue weighted by molar-refractivity contribution is 5.94. The van der Waals surface area contributed by atoms with Gasteiger partial charge in [0.05, 0.1) is 0 Å². The SMILES string of the molecule is Cc1ccc(C(=O)NC(c2cccc(F)c2F)C(F)(F)F)c(=O)[nH]1. The quantitative estimate of drug-likeness (QED) is 0.840. The van der Waals surface area contributed by atoms with Crippen LogP contribution < -0.4 is 10.9 Å². The summed E-state index contributed by atoms with van der Waals surface area (Å²) in [6, 6.07) is 1.80. The van der Waals surface area contributed by atoms with Crippen molar-refractivity contribution in [3.63, 3.8) is 0 Å². The highest BCUT2D eigenvalue weighted by Gasteiger charge is 2.44. The van der Waals surface area contributed by atoms with E-state index in [0.29, 0.717) is 17.8 Å². The lowest BCUT2D eigenvalue weighted by Crippen LogP contribution is -2.40. The van der Waals surface area contributed by atoms with Crippen LogP contribution in [0.1, 0.15) is 27.7 Å². The standard InChI is InChI=1S/C15H11F5N2O2/c1-7-5-6-9(13(23)21-7)14(24)22-12(15(18,19)20)8-3-2-4-10(16)11(8)17/h2-6,12H,1H3,(H,21,23)(H,22,24). The summed E-state index contributed by atoms with van der Waals surface area (Å²) >= 11 is 0. The number of halogens is 5. The molecule has 9 heteroatoms. The molecule has 0 radical (unpaired) electrons. The molecule has 1 unspecified atom stereocenters. The minimum absolute atomic E-state index is 0.403. The Morgan fingerprint density at radius 2 is 1.83 bits per heavy atom. The van der Waals surface area contributed by atoms with Gasteiger partial charge < -0.3 is 10.3 Å². The number of pyridine rings is 1. The van der Waals surface area contributed by atoms with Gasteiger partial charge in [0.2, 0.25) is 0 Å². The van der Waals surface area contributed by atoms with Crippen molar-refractivity contribution in [3.05, 3.63) is 69.1 Å². The van der Waals surface area contributed by atoms with Gasteiger partial charge in [0.15, 0.2) is 17.7 Å². The van der Waals surface area contributed by atoms with Gasteiger partial charge in [-0.3, -0.25) is 9.59 Å². The molecule has 0 aliphatic rings. The Hall–Kier alpha value is -2.71. The van der Waals surface area contributed by atoms with Crippen molar-refractivity contribution in [2.45, 2.75) is 19.1 Å². The van der Waals surface area contributed by atoms with Crippen molar-refractivity contribution in [2.75, 3.05) is 0 Å². The third kappa shape index (κ3) is 3.61. The van der Waals surface area contributed by atoms with Crippen molar-refractivity contribution in [3.8, 4) is 0 Å². The summed E-state index contributed by atoms with van der Waals surface area (Å²) in [5.41, 5.74) is -2.15. The highest BCUT2D eigenvalue weighted by atomic mass is 19.4. The Labute approximate surface area is 132 Å². The third-order valence-corrected chi connectivity index (χ3v) is 3.20. The van der Waals surface area contributed by atoms with Gasteiger partial charge in [-0.1, -0.05) is 12.1 Å². The second kappa shape index (κ2) is 6.42. The van der Waals surface area contributed by atoms with Crippen LogP contribution in [-0.2, 0) is 0 Å². The van der Waals surface area contributed by atoms with E-state index in [1.807, 2.05) is 0 Å². The van der Waals surface area contributed by atoms with Crippen LogP contribution in [0.5, 0.6) is 0 Å². The Kier molecular flexibility index (Phi) is 4.72. The van der Waals surface area contributed by atoms with Crippen LogP contribution in [0.15, 0.2) is 35.1 Å². The van der Waals surface area contributed by atoms with Gasteiger partial charge in [-0.15, -0.1) is 0 Å². The number of amides is 1. The molecule has 0 bridgehead atoms. The van der Waals surface area contributed by atoms with Crippen LogP contribution in [0.25, 0.3) is 0 Å². The summed E-state index contributed by atoms with van der Waals surface area (Å²) < 4.78 is 66.4. The number of benzene rings is 1. The molecule has 0 saturated heterocycles. The molecule has 0 spiro atoms. The second-order valence-electron chi connectivity index (χ2n) is 4.98. The lowest BCUT2D eigenvalue weighted by Gasteiger charge is -2.22. The topological polar surface area (TPSA) is 62.0 Å². The molecule has 0 aliphatic heterocycles. The van der Waals surface area contributed by atoms with E-state index in [9.17, 15) is 31.5 Å². The Bertz CT molecular complexity index is 829. The van der Waals surface area contributed by atoms with E-state index in [-0.39, 0.29) is 0 Å². The van der Waals surface area contributed by atoms with Crippen LogP contribution in [0.2, 0.25) is 0 Å². The minimum Gasteiger partial charge on any atom is -0.336 e. The van der Waals surface area contributed by atoms with Gasteiger partial charge in [-0.2, -0.15) is 13.2 Å². The highest BCUT2D eigenvalue weighted by Crippen LogP contribution is 2.34. The summed E-state index contributed by atoms with van der Waals surface area (Å²) in [5.74, 6) is -4.57. The number of carbonyl (C=O) groups is 1. The molecule has 2 N–H and O–H groups in total. The molecule has 1 aromatic heterocycles. The molecule has 2 aromatic rings. The van der Waals surface area contributed by atoms with Gasteiger partial charge in [0, 0.05) is 11.3 Å². The van der Waals surface area contributed by atoms with Crippen LogP contribution in [0.3, 0.4) is 0 Å². The van der Waals surface area contributed by atoms with Crippen LogP contribution in [0, 0.1) is 18.6 Å². The lowest BCUT2D eigenvalue weighted by atomic mass is 10.0. The van der Waals surface area contributed by atoms with E-state index >= 15 is 0 Å². The van der Waals surface area contributed by atoms with E-state index in [2.05, 4.69) is 4.98 Å². The number of aryl methyl sites for hydroxylation is 1. The first kappa shape index (κ1) is 17.6. The zero-order chi connectivity index (χ0) is 18.1. The van der Waals surface area contributed by atoms with Gasteiger partial charge in [-0.25, -0.2) is 8.78 Å². The summed E-state index contributed by atoms with van der Waals surface area (Å²) in [6.07, 6.45) is -5.10. The number of hydrogen-bond acceptors (Lipinski definition) is 2. The smallest absolute Gasteiger partial charge is 0.336 e. The lowest BCUT2D eigenvalue weighted by molar-refractivity contribution is -0.155. The zero-order valence-electron chi connectivity index (χ0n) is 12.2. The fourth-order valence-corrected chi connectivity index (χ4v) is 2.04. The first-order valence-electron chi connectivity index (χ1n) is 6.62. The summed E-state index contributed by atoms with van der Waals surface area (Å²) in [5, 5.41) is 1.53. The number of aromatic nitrogens is 1. The van der Waals surface area contributed by atoms with E-state index < -0.39 is 46.4 Å². The predicted molar refractivity (Wildman–Crippen MR) is 74.4 cm³/mol. The fourth-order valence-electron chi connectivity index (χ4n) is 2.04. The molecule has 0 fully saturated rings. The number of alkyl halides is 3. The molecule has 2 rings (SSSR count). The third-order valence-electron chi connectivity index (χ3n) is 3.20. The monoisotopic (exact) mass is 346 g/mol. The van der Waals surface area contributed by atoms with Gasteiger partial charge in [-0.05, 0) is 25.1 Å². The molecule has 1 aromatic carbocycles. The van der Waals surface area contributed by atoms with E-state index in [0.717, 1.165) is 12.1 Å². The van der Waals surface area contributed by atoms with Crippen molar-refractivity contribution < 1.29 is 26.7 Å². The average molecular weight is 346 g/mol. The van der Waals surface area contributed by atoms with Crippen molar-refractivity contribution in [1.29, 1.82) is 0 Å². The van der Waals surface area contributed by atoms with Gasteiger partial charge >= 0.3 is 6.18 Å². The van der Waals surface area contributed by atoms with Crippen LogP contribution in [-0.4, -0.2) is 17.1 Å².